The van der Waals surface area contributed by atoms with E-state index in [4.69, 9.17) is 0 Å². The van der Waals surface area contributed by atoms with Gasteiger partial charge >= 0.3 is 0 Å². The van der Waals surface area contributed by atoms with Gasteiger partial charge in [-0.1, -0.05) is 12.1 Å². The zero-order chi connectivity index (χ0) is 11.4. The highest BCUT2D eigenvalue weighted by molar-refractivity contribution is 5.93. The summed E-state index contributed by atoms with van der Waals surface area (Å²) in [6.07, 6.45) is 6.46. The molecule has 1 aromatic heterocycles. The van der Waals surface area contributed by atoms with Crippen molar-refractivity contribution in [2.45, 2.75) is 0 Å². The maximum atomic E-state index is 12.6. The molecule has 1 aromatic carbocycles. The third-order valence-electron chi connectivity index (χ3n) is 2.15. The fourth-order valence-electron chi connectivity index (χ4n) is 1.31. The average molecular weight is 215 g/mol. The van der Waals surface area contributed by atoms with Crippen LogP contribution in [0.2, 0.25) is 0 Å². The summed E-state index contributed by atoms with van der Waals surface area (Å²) in [5, 5.41) is 0. The van der Waals surface area contributed by atoms with Crippen molar-refractivity contribution in [3.8, 4) is 0 Å². The normalized spacial score (nSPS) is 10.8. The number of aromatic nitrogens is 1. The van der Waals surface area contributed by atoms with Crippen LogP contribution in [0.5, 0.6) is 0 Å². The van der Waals surface area contributed by atoms with E-state index in [0.29, 0.717) is 0 Å². The van der Waals surface area contributed by atoms with Crippen LogP contribution >= 0.6 is 0 Å². The molecular formula is C13H10FNO. The van der Waals surface area contributed by atoms with Crippen LogP contribution in [0.4, 0.5) is 4.39 Å². The summed E-state index contributed by atoms with van der Waals surface area (Å²) in [7, 11) is 0. The van der Waals surface area contributed by atoms with Gasteiger partial charge in [0.05, 0.1) is 0 Å². The van der Waals surface area contributed by atoms with Gasteiger partial charge in [-0.2, -0.15) is 0 Å². The molecule has 2 aromatic rings. The third-order valence-corrected chi connectivity index (χ3v) is 2.15. The van der Waals surface area contributed by atoms with E-state index in [2.05, 4.69) is 0 Å². The SMILES string of the molecule is O=C(/C=C/c1ccc(F)cc1)n1cccc1. The largest absolute Gasteiger partial charge is 0.291 e. The molecule has 1 heterocycles. The Hall–Kier alpha value is -2.16. The quantitative estimate of drug-likeness (QED) is 0.706. The predicted molar refractivity (Wildman–Crippen MR) is 60.5 cm³/mol. The molecule has 3 heteroatoms. The lowest BCUT2D eigenvalue weighted by Crippen LogP contribution is -2.03. The molecule has 0 fully saturated rings. The lowest BCUT2D eigenvalue weighted by molar-refractivity contribution is 0.0970. The molecule has 0 aliphatic rings. The number of hydrogen-bond acceptors (Lipinski definition) is 1. The highest BCUT2D eigenvalue weighted by atomic mass is 19.1. The molecule has 2 nitrogen and oxygen atoms in total. The van der Waals surface area contributed by atoms with Gasteiger partial charge < -0.3 is 0 Å². The zero-order valence-corrected chi connectivity index (χ0v) is 8.51. The molecular weight excluding hydrogens is 205 g/mol. The molecule has 0 bridgehead atoms. The Bertz CT molecular complexity index is 497. The van der Waals surface area contributed by atoms with Gasteiger partial charge in [0, 0.05) is 18.5 Å². The number of halogens is 1. The zero-order valence-electron chi connectivity index (χ0n) is 8.51. The third kappa shape index (κ3) is 2.45. The van der Waals surface area contributed by atoms with Gasteiger partial charge in [-0.3, -0.25) is 9.36 Å². The van der Waals surface area contributed by atoms with Crippen LogP contribution in [0.3, 0.4) is 0 Å². The molecule has 2 rings (SSSR count). The van der Waals surface area contributed by atoms with Gasteiger partial charge in [0.15, 0.2) is 0 Å². The van der Waals surface area contributed by atoms with Crippen molar-refractivity contribution in [2.24, 2.45) is 0 Å². The number of carbonyl (C=O) groups is 1. The van der Waals surface area contributed by atoms with Gasteiger partial charge in [-0.25, -0.2) is 4.39 Å². The second kappa shape index (κ2) is 4.57. The smallest absolute Gasteiger partial charge is 0.254 e. The van der Waals surface area contributed by atoms with Gasteiger partial charge in [-0.05, 0) is 35.9 Å². The minimum Gasteiger partial charge on any atom is -0.291 e. The molecule has 0 aliphatic heterocycles. The number of nitrogens with zero attached hydrogens (tertiary/aromatic N) is 1. The maximum Gasteiger partial charge on any atom is 0.254 e. The second-order valence-electron chi connectivity index (χ2n) is 3.31. The molecule has 0 spiro atoms. The van der Waals surface area contributed by atoms with Crippen molar-refractivity contribution in [3.05, 3.63) is 66.2 Å². The summed E-state index contributed by atoms with van der Waals surface area (Å²) in [5.41, 5.74) is 0.793. The van der Waals surface area contributed by atoms with E-state index >= 15 is 0 Å². The van der Waals surface area contributed by atoms with E-state index in [1.807, 2.05) is 0 Å². The van der Waals surface area contributed by atoms with Gasteiger partial charge in [0.2, 0.25) is 0 Å². The Balaban J connectivity index is 2.10. The molecule has 0 N–H and O–H groups in total. The van der Waals surface area contributed by atoms with Crippen molar-refractivity contribution in [1.82, 2.24) is 4.57 Å². The standard InChI is InChI=1S/C13H10FNO/c14-12-6-3-11(4-7-12)5-8-13(16)15-9-1-2-10-15/h1-10H/b8-5+. The van der Waals surface area contributed by atoms with E-state index in [0.717, 1.165) is 5.56 Å². The Morgan fingerprint density at radius 2 is 1.75 bits per heavy atom. The van der Waals surface area contributed by atoms with Crippen molar-refractivity contribution in [2.75, 3.05) is 0 Å². The van der Waals surface area contributed by atoms with Crippen molar-refractivity contribution < 1.29 is 9.18 Å². The summed E-state index contributed by atoms with van der Waals surface area (Å²) in [6.45, 7) is 0. The molecule has 0 saturated heterocycles. The molecule has 0 aliphatic carbocycles. The number of hydrogen-bond donors (Lipinski definition) is 0. The maximum absolute atomic E-state index is 12.6. The van der Waals surface area contributed by atoms with Gasteiger partial charge in [0.1, 0.15) is 5.82 Å². The Morgan fingerprint density at radius 3 is 2.38 bits per heavy atom. The number of allylic oxidation sites excluding steroid dienone is 1. The van der Waals surface area contributed by atoms with Crippen LogP contribution in [0, 0.1) is 5.82 Å². The van der Waals surface area contributed by atoms with E-state index in [9.17, 15) is 9.18 Å². The van der Waals surface area contributed by atoms with Crippen LogP contribution in [0.1, 0.15) is 10.4 Å². The Morgan fingerprint density at radius 1 is 1.12 bits per heavy atom. The number of rotatable bonds is 2. The number of benzene rings is 1. The molecule has 16 heavy (non-hydrogen) atoms. The van der Waals surface area contributed by atoms with Crippen molar-refractivity contribution in [1.29, 1.82) is 0 Å². The van der Waals surface area contributed by atoms with Crippen LogP contribution in [0.15, 0.2) is 54.9 Å². The lowest BCUT2D eigenvalue weighted by Gasteiger charge is -1.95. The van der Waals surface area contributed by atoms with Crippen LogP contribution in [-0.4, -0.2) is 10.5 Å². The first-order valence-corrected chi connectivity index (χ1v) is 4.87. The first kappa shape index (κ1) is 10.4. The summed E-state index contributed by atoms with van der Waals surface area (Å²) in [4.78, 5) is 11.5. The first-order valence-electron chi connectivity index (χ1n) is 4.87. The fourth-order valence-corrected chi connectivity index (χ4v) is 1.31. The first-order chi connectivity index (χ1) is 7.75. The molecule has 0 saturated carbocycles. The molecule has 0 unspecified atom stereocenters. The van der Waals surface area contributed by atoms with E-state index in [-0.39, 0.29) is 11.7 Å². The molecule has 0 radical (unpaired) electrons. The summed E-state index contributed by atoms with van der Waals surface area (Å²) in [5.74, 6) is -0.414. The number of carbonyl (C=O) groups excluding carboxylic acids is 1. The Labute approximate surface area is 92.6 Å². The van der Waals surface area contributed by atoms with Crippen LogP contribution in [-0.2, 0) is 0 Å². The van der Waals surface area contributed by atoms with Crippen molar-refractivity contribution >= 4 is 12.0 Å². The van der Waals surface area contributed by atoms with E-state index in [1.54, 1.807) is 42.7 Å². The summed E-state index contributed by atoms with van der Waals surface area (Å²) < 4.78 is 14.1. The topological polar surface area (TPSA) is 22.0 Å². The Kier molecular flexibility index (Phi) is 2.96. The highest BCUT2D eigenvalue weighted by Gasteiger charge is 1.96. The lowest BCUT2D eigenvalue weighted by atomic mass is 10.2. The molecule has 80 valence electrons. The van der Waals surface area contributed by atoms with Crippen LogP contribution in [0.25, 0.3) is 6.08 Å². The predicted octanol–water partition coefficient (Wildman–Crippen LogP) is 2.98. The van der Waals surface area contributed by atoms with Gasteiger partial charge in [0.25, 0.3) is 5.91 Å². The average Bonchev–Trinajstić information content (AvgIpc) is 2.81. The molecule has 0 amide bonds. The van der Waals surface area contributed by atoms with E-state index < -0.39 is 0 Å². The minimum atomic E-state index is -0.283. The second-order valence-corrected chi connectivity index (χ2v) is 3.31. The summed E-state index contributed by atoms with van der Waals surface area (Å²) in [6, 6.07) is 9.52. The molecule has 0 atom stereocenters. The van der Waals surface area contributed by atoms with Gasteiger partial charge in [-0.15, -0.1) is 0 Å². The van der Waals surface area contributed by atoms with E-state index in [1.165, 1.54) is 22.8 Å². The monoisotopic (exact) mass is 215 g/mol. The minimum absolute atomic E-state index is 0.130. The summed E-state index contributed by atoms with van der Waals surface area (Å²) >= 11 is 0. The van der Waals surface area contributed by atoms with Crippen LogP contribution < -0.4 is 0 Å². The highest BCUT2D eigenvalue weighted by Crippen LogP contribution is 2.05. The van der Waals surface area contributed by atoms with Crippen molar-refractivity contribution in [3.63, 3.8) is 0 Å². The fraction of sp³-hybridized carbons (Fsp3) is 0.